The van der Waals surface area contributed by atoms with Crippen LogP contribution >= 0.6 is 11.8 Å². The zero-order chi connectivity index (χ0) is 17.5. The number of Topliss-reactive ketones (excluding diaryl/α,β-unsaturated/α-hetero) is 1. The molecule has 0 fully saturated rings. The van der Waals surface area contributed by atoms with Gasteiger partial charge in [-0.1, -0.05) is 48.5 Å². The monoisotopic (exact) mass is 351 g/mol. The smallest absolute Gasteiger partial charge is 0.287 e. The zero-order valence-corrected chi connectivity index (χ0v) is 14.3. The predicted molar refractivity (Wildman–Crippen MR) is 97.8 cm³/mol. The minimum absolute atomic E-state index is 0.0579. The van der Waals surface area contributed by atoms with Crippen LogP contribution in [0.2, 0.25) is 0 Å². The van der Waals surface area contributed by atoms with E-state index in [4.69, 9.17) is 4.42 Å². The van der Waals surface area contributed by atoms with Crippen LogP contribution in [0.25, 0.3) is 0 Å². The second-order valence-corrected chi connectivity index (χ2v) is 6.39. The first kappa shape index (κ1) is 17.0. The van der Waals surface area contributed by atoms with Gasteiger partial charge < -0.3 is 9.73 Å². The summed E-state index contributed by atoms with van der Waals surface area (Å²) in [4.78, 5) is 25.2. The van der Waals surface area contributed by atoms with Crippen molar-refractivity contribution in [3.05, 3.63) is 89.9 Å². The molecular formula is C20H17NO3S. The molecule has 0 radical (unpaired) electrons. The Labute approximate surface area is 150 Å². The van der Waals surface area contributed by atoms with Crippen molar-refractivity contribution in [1.29, 1.82) is 0 Å². The first-order valence-corrected chi connectivity index (χ1v) is 8.84. The summed E-state index contributed by atoms with van der Waals surface area (Å²) in [5.41, 5.74) is 0.571. The topological polar surface area (TPSA) is 59.3 Å². The third-order valence-electron chi connectivity index (χ3n) is 3.52. The summed E-state index contributed by atoms with van der Waals surface area (Å²) >= 11 is 1.63. The van der Waals surface area contributed by atoms with Gasteiger partial charge in [-0.05, 0) is 24.3 Å². The van der Waals surface area contributed by atoms with Crippen LogP contribution in [0.15, 0.2) is 82.1 Å². The molecular weight excluding hydrogens is 334 g/mol. The number of benzene rings is 2. The Morgan fingerprint density at radius 3 is 2.28 bits per heavy atom. The normalized spacial score (nSPS) is 10.4. The molecule has 1 aromatic heterocycles. The Bertz CT molecular complexity index is 844. The number of furan rings is 1. The molecule has 0 spiro atoms. The third kappa shape index (κ3) is 4.84. The van der Waals surface area contributed by atoms with Gasteiger partial charge in [0.25, 0.3) is 5.91 Å². The lowest BCUT2D eigenvalue weighted by Gasteiger charge is -2.03. The highest BCUT2D eigenvalue weighted by Crippen LogP contribution is 2.23. The first-order chi connectivity index (χ1) is 12.2. The maximum atomic E-state index is 12.1. The van der Waals surface area contributed by atoms with Crippen LogP contribution in [0, 0.1) is 0 Å². The molecule has 0 aliphatic heterocycles. The van der Waals surface area contributed by atoms with E-state index >= 15 is 0 Å². The van der Waals surface area contributed by atoms with Crippen LogP contribution in [0.4, 0.5) is 0 Å². The van der Waals surface area contributed by atoms with Crippen LogP contribution in [0.3, 0.4) is 0 Å². The van der Waals surface area contributed by atoms with Gasteiger partial charge in [0.05, 0.1) is 12.3 Å². The van der Waals surface area contributed by atoms with Crippen molar-refractivity contribution in [1.82, 2.24) is 5.32 Å². The van der Waals surface area contributed by atoms with Crippen molar-refractivity contribution in [2.45, 2.75) is 10.6 Å². The van der Waals surface area contributed by atoms with Crippen molar-refractivity contribution in [2.75, 3.05) is 6.54 Å². The van der Waals surface area contributed by atoms with E-state index in [1.165, 1.54) is 0 Å². The number of hydrogen-bond donors (Lipinski definition) is 1. The van der Waals surface area contributed by atoms with Gasteiger partial charge in [-0.15, -0.1) is 11.8 Å². The van der Waals surface area contributed by atoms with Gasteiger partial charge >= 0.3 is 0 Å². The van der Waals surface area contributed by atoms with Gasteiger partial charge in [-0.25, -0.2) is 0 Å². The van der Waals surface area contributed by atoms with Crippen LogP contribution < -0.4 is 5.32 Å². The summed E-state index contributed by atoms with van der Waals surface area (Å²) in [7, 11) is 0. The second kappa shape index (κ2) is 8.35. The van der Waals surface area contributed by atoms with Gasteiger partial charge in [0, 0.05) is 10.5 Å². The molecule has 0 unspecified atom stereocenters. The Morgan fingerprint density at radius 1 is 0.880 bits per heavy atom. The fraction of sp³-hybridized carbons (Fsp3) is 0.100. The second-order valence-electron chi connectivity index (χ2n) is 5.34. The van der Waals surface area contributed by atoms with Crippen LogP contribution in [0.5, 0.6) is 0 Å². The minimum atomic E-state index is -0.389. The molecule has 25 heavy (non-hydrogen) atoms. The van der Waals surface area contributed by atoms with Crippen LogP contribution in [0.1, 0.15) is 26.7 Å². The Hall–Kier alpha value is -2.79. The molecule has 2 aromatic carbocycles. The SMILES string of the molecule is O=C(CNC(=O)c1ccc(CSc2ccccc2)o1)c1ccccc1. The maximum Gasteiger partial charge on any atom is 0.287 e. The number of rotatable bonds is 7. The zero-order valence-electron chi connectivity index (χ0n) is 13.5. The molecule has 126 valence electrons. The molecule has 1 N–H and O–H groups in total. The fourth-order valence-corrected chi connectivity index (χ4v) is 3.04. The number of hydrogen-bond acceptors (Lipinski definition) is 4. The van der Waals surface area contributed by atoms with Gasteiger partial charge in [-0.2, -0.15) is 0 Å². The molecule has 1 amide bonds. The number of nitrogens with one attached hydrogen (secondary N) is 1. The Morgan fingerprint density at radius 2 is 1.56 bits per heavy atom. The largest absolute Gasteiger partial charge is 0.455 e. The van der Waals surface area contributed by atoms with E-state index in [9.17, 15) is 9.59 Å². The van der Waals surface area contributed by atoms with Crippen molar-refractivity contribution in [3.8, 4) is 0 Å². The van der Waals surface area contributed by atoms with Gasteiger partial charge in [0.15, 0.2) is 11.5 Å². The fourth-order valence-electron chi connectivity index (χ4n) is 2.22. The van der Waals surface area contributed by atoms with E-state index in [1.807, 2.05) is 36.4 Å². The average molecular weight is 351 g/mol. The standard InChI is InChI=1S/C20H17NO3S/c22-18(15-7-3-1-4-8-15)13-21-20(23)19-12-11-16(24-19)14-25-17-9-5-2-6-10-17/h1-12H,13-14H2,(H,21,23). The summed E-state index contributed by atoms with van der Waals surface area (Å²) in [6.45, 7) is -0.0579. The summed E-state index contributed by atoms with van der Waals surface area (Å²) in [5, 5.41) is 2.60. The highest BCUT2D eigenvalue weighted by atomic mass is 32.2. The van der Waals surface area contributed by atoms with E-state index in [0.29, 0.717) is 17.1 Å². The molecule has 4 nitrogen and oxygen atoms in total. The quantitative estimate of drug-likeness (QED) is 0.512. The van der Waals surface area contributed by atoms with Crippen molar-refractivity contribution in [3.63, 3.8) is 0 Å². The first-order valence-electron chi connectivity index (χ1n) is 7.85. The summed E-state index contributed by atoms with van der Waals surface area (Å²) in [6, 6.07) is 22.3. The molecule has 5 heteroatoms. The van der Waals surface area contributed by atoms with Crippen molar-refractivity contribution >= 4 is 23.5 Å². The van der Waals surface area contributed by atoms with Gasteiger partial charge in [0.1, 0.15) is 5.76 Å². The molecule has 0 aliphatic carbocycles. The molecule has 0 aliphatic rings. The predicted octanol–water partition coefficient (Wildman–Crippen LogP) is 4.18. The number of amides is 1. The van der Waals surface area contributed by atoms with E-state index in [0.717, 1.165) is 4.90 Å². The summed E-state index contributed by atoms with van der Waals surface area (Å²) < 4.78 is 5.56. The number of thioether (sulfide) groups is 1. The third-order valence-corrected chi connectivity index (χ3v) is 4.55. The number of carbonyl (C=O) groups excluding carboxylic acids is 2. The van der Waals surface area contributed by atoms with E-state index in [-0.39, 0.29) is 24.0 Å². The van der Waals surface area contributed by atoms with Crippen LogP contribution in [-0.2, 0) is 5.75 Å². The van der Waals surface area contributed by atoms with E-state index in [2.05, 4.69) is 5.32 Å². The number of carbonyl (C=O) groups is 2. The van der Waals surface area contributed by atoms with Crippen molar-refractivity contribution in [2.24, 2.45) is 0 Å². The lowest BCUT2D eigenvalue weighted by molar-refractivity contribution is 0.0884. The lowest BCUT2D eigenvalue weighted by atomic mass is 10.1. The summed E-state index contributed by atoms with van der Waals surface area (Å²) in [5.74, 6) is 1.04. The number of ketones is 1. The van der Waals surface area contributed by atoms with Gasteiger partial charge in [-0.3, -0.25) is 9.59 Å². The lowest BCUT2D eigenvalue weighted by Crippen LogP contribution is -2.29. The molecule has 0 saturated carbocycles. The highest BCUT2D eigenvalue weighted by molar-refractivity contribution is 7.98. The Balaban J connectivity index is 1.51. The molecule has 0 saturated heterocycles. The van der Waals surface area contributed by atoms with Gasteiger partial charge in [0.2, 0.25) is 0 Å². The molecule has 3 aromatic rings. The Kier molecular flexibility index (Phi) is 5.69. The molecule has 0 atom stereocenters. The maximum absolute atomic E-state index is 12.1. The van der Waals surface area contributed by atoms with Crippen molar-refractivity contribution < 1.29 is 14.0 Å². The summed E-state index contributed by atoms with van der Waals surface area (Å²) in [6.07, 6.45) is 0. The molecule has 3 rings (SSSR count). The van der Waals surface area contributed by atoms with Crippen LogP contribution in [-0.4, -0.2) is 18.2 Å². The average Bonchev–Trinajstić information content (AvgIpc) is 3.15. The van der Waals surface area contributed by atoms with E-state index < -0.39 is 0 Å². The highest BCUT2D eigenvalue weighted by Gasteiger charge is 2.13. The van der Waals surface area contributed by atoms with E-state index in [1.54, 1.807) is 48.2 Å². The minimum Gasteiger partial charge on any atom is -0.455 e. The molecule has 1 heterocycles. The molecule has 0 bridgehead atoms.